The summed E-state index contributed by atoms with van der Waals surface area (Å²) in [6, 6.07) is 1.98. The lowest BCUT2D eigenvalue weighted by Gasteiger charge is -2.51. The number of carbonyl (C=O) groups is 2. The van der Waals surface area contributed by atoms with Gasteiger partial charge in [-0.05, 0) is 48.8 Å². The molecule has 4 aliphatic rings. The third kappa shape index (κ3) is 6.95. The van der Waals surface area contributed by atoms with Crippen molar-refractivity contribution in [3.63, 3.8) is 0 Å². The van der Waals surface area contributed by atoms with Crippen LogP contribution in [0.25, 0.3) is 11.8 Å². The van der Waals surface area contributed by atoms with E-state index in [0.717, 1.165) is 18.5 Å². The van der Waals surface area contributed by atoms with Crippen molar-refractivity contribution in [3.05, 3.63) is 46.6 Å². The molecular weight excluding hydrogens is 610 g/mol. The lowest BCUT2D eigenvalue weighted by atomic mass is 9.74. The number of esters is 1. The molecule has 0 radical (unpaired) electrons. The van der Waals surface area contributed by atoms with Gasteiger partial charge in [-0.1, -0.05) is 49.8 Å². The Morgan fingerprint density at radius 3 is 2.60 bits per heavy atom. The molecule has 1 aromatic heterocycles. The van der Waals surface area contributed by atoms with Crippen LogP contribution in [-0.4, -0.2) is 94.1 Å². The molecule has 2 aliphatic carbocycles. The molecule has 1 spiro atoms. The molecule has 2 fully saturated rings. The number of aromatic nitrogens is 1. The number of fused-ring (bicyclic) bond motifs is 1. The van der Waals surface area contributed by atoms with Crippen LogP contribution in [0.15, 0.2) is 30.4 Å². The number of carboxylic acid groups (broad SMARTS) is 1. The number of carbonyl (C=O) groups excluding carboxylic acids is 1. The predicted molar refractivity (Wildman–Crippen MR) is 169 cm³/mol. The van der Waals surface area contributed by atoms with Gasteiger partial charge in [0.25, 0.3) is 0 Å². The van der Waals surface area contributed by atoms with Gasteiger partial charge in [-0.3, -0.25) is 4.79 Å². The largest absolute Gasteiger partial charge is 0.658 e. The van der Waals surface area contributed by atoms with E-state index < -0.39 is 66.7 Å². The van der Waals surface area contributed by atoms with Crippen LogP contribution in [0, 0.1) is 17.8 Å². The highest BCUT2D eigenvalue weighted by Gasteiger charge is 2.58. The maximum absolute atomic E-state index is 12.4. The Bertz CT molecular complexity index is 1440. The number of aliphatic hydroxyl groups excluding tert-OH is 4. The number of ether oxygens (including phenoxy) is 4. The monoisotopic (exact) mass is 658 g/mol. The second-order valence-corrected chi connectivity index (χ2v) is 13.2. The fourth-order valence-corrected chi connectivity index (χ4v) is 7.84. The number of nitrogens with zero attached hydrogens (tertiary/aromatic N) is 1. The second kappa shape index (κ2) is 15.0. The fourth-order valence-electron chi connectivity index (χ4n) is 7.84. The van der Waals surface area contributed by atoms with E-state index in [2.05, 4.69) is 13.5 Å². The molecule has 5 rings (SSSR count). The predicted octanol–water partition coefficient (Wildman–Crippen LogP) is 0.978. The van der Waals surface area contributed by atoms with Crippen molar-refractivity contribution in [1.29, 1.82) is 0 Å². The van der Waals surface area contributed by atoms with E-state index in [0.29, 0.717) is 35.1 Å². The Labute approximate surface area is 274 Å². The van der Waals surface area contributed by atoms with Gasteiger partial charge in [-0.15, -0.1) is 6.58 Å². The van der Waals surface area contributed by atoms with Gasteiger partial charge in [0.05, 0.1) is 32.0 Å². The maximum atomic E-state index is 12.4. The Morgan fingerprint density at radius 2 is 1.96 bits per heavy atom. The zero-order valence-corrected chi connectivity index (χ0v) is 27.1. The highest BCUT2D eigenvalue weighted by molar-refractivity contribution is 5.90. The van der Waals surface area contributed by atoms with Crippen molar-refractivity contribution in [1.82, 2.24) is 4.98 Å². The second-order valence-electron chi connectivity index (χ2n) is 13.2. The number of rotatable bonds is 12. The van der Waals surface area contributed by atoms with Crippen molar-refractivity contribution in [2.45, 2.75) is 107 Å². The highest BCUT2D eigenvalue weighted by Crippen LogP contribution is 2.42. The molecule has 47 heavy (non-hydrogen) atoms. The number of hydrogen-bond acceptors (Lipinski definition) is 10. The summed E-state index contributed by atoms with van der Waals surface area (Å²) in [6.45, 7) is 5.34. The summed E-state index contributed by atoms with van der Waals surface area (Å²) in [5.74, 6) is -2.10. The van der Waals surface area contributed by atoms with Gasteiger partial charge in [0.1, 0.15) is 18.3 Å². The summed E-state index contributed by atoms with van der Waals surface area (Å²) < 4.78 is 23.7. The van der Waals surface area contributed by atoms with Crippen LogP contribution in [-0.2, 0) is 28.5 Å². The molecule has 9 unspecified atom stereocenters. The lowest BCUT2D eigenvalue weighted by molar-refractivity contribution is -0.328. The van der Waals surface area contributed by atoms with Gasteiger partial charge in [0, 0.05) is 30.4 Å². The minimum atomic E-state index is -1.69. The number of aliphatic hydroxyl groups is 4. The van der Waals surface area contributed by atoms with E-state index in [1.807, 2.05) is 6.07 Å². The minimum Gasteiger partial charge on any atom is -0.658 e. The molecule has 5 N–H and O–H groups in total. The Hall–Kier alpha value is -3.00. The summed E-state index contributed by atoms with van der Waals surface area (Å²) in [6.07, 6.45) is 4.45. The van der Waals surface area contributed by atoms with E-state index >= 15 is 0 Å². The summed E-state index contributed by atoms with van der Waals surface area (Å²) in [5.41, 5.74) is -0.581. The first kappa shape index (κ1) is 35.3. The van der Waals surface area contributed by atoms with E-state index in [1.54, 1.807) is 12.2 Å². The van der Waals surface area contributed by atoms with Crippen molar-refractivity contribution in [2.75, 3.05) is 20.3 Å². The number of aliphatic carboxylic acids is 1. The number of methoxy groups -OCH3 is 1. The van der Waals surface area contributed by atoms with Crippen LogP contribution in [0.1, 0.15) is 76.3 Å². The SMILES string of the molecule is C=CC1C(OC2OC(CO)C3(C=c4cc(C(C)C5CCCCC5)[n-]c4=C(CCCO)O3)C(O)C2O)CC=C(C(=O)OC)C1CC(=O)O. The highest BCUT2D eigenvalue weighted by atomic mass is 16.7. The maximum Gasteiger partial charge on any atom is 0.333 e. The standard InChI is InChI=1S/C35H48NO11/c1-4-22-24(16-29(39)40)23(33(43)44-3)12-13-26(22)45-34-31(41)32(42)35(28(18-38)46-34)17-21-15-25(19(2)20-9-6-5-7-10-20)36-30(21)27(47-35)11-8-14-37/h4,12,15,17,19-20,22,24,26,28,31-32,34,37-38,41-42H,1,5-11,13-14,16,18H2,2-3H3,(H,39,40)/q-1. The van der Waals surface area contributed by atoms with Crippen LogP contribution < -0.4 is 15.6 Å². The fraction of sp³-hybridized carbons (Fsp3) is 0.657. The Balaban J connectivity index is 1.45. The molecule has 0 amide bonds. The Morgan fingerprint density at radius 1 is 1.21 bits per heavy atom. The van der Waals surface area contributed by atoms with Crippen molar-refractivity contribution >= 4 is 23.8 Å². The molecule has 3 heterocycles. The third-order valence-corrected chi connectivity index (χ3v) is 10.4. The molecule has 12 heteroatoms. The molecule has 1 saturated heterocycles. The Kier molecular flexibility index (Phi) is 11.3. The van der Waals surface area contributed by atoms with Gasteiger partial charge in [-0.25, -0.2) is 4.79 Å². The zero-order chi connectivity index (χ0) is 33.9. The van der Waals surface area contributed by atoms with Crippen LogP contribution in [0.5, 0.6) is 0 Å². The average molecular weight is 659 g/mol. The molecular formula is C35H48NO11-. The summed E-state index contributed by atoms with van der Waals surface area (Å²) in [5, 5.41) is 54.3. The molecule has 2 aliphatic heterocycles. The number of hydrogen-bond donors (Lipinski definition) is 5. The molecule has 1 saturated carbocycles. The summed E-state index contributed by atoms with van der Waals surface area (Å²) >= 11 is 0. The van der Waals surface area contributed by atoms with E-state index in [4.69, 9.17) is 23.9 Å². The molecule has 9 atom stereocenters. The van der Waals surface area contributed by atoms with E-state index in [9.17, 15) is 35.1 Å². The first-order valence-corrected chi connectivity index (χ1v) is 16.7. The van der Waals surface area contributed by atoms with Crippen LogP contribution >= 0.6 is 0 Å². The first-order chi connectivity index (χ1) is 22.6. The van der Waals surface area contributed by atoms with Gasteiger partial charge >= 0.3 is 11.9 Å². The smallest absolute Gasteiger partial charge is 0.333 e. The summed E-state index contributed by atoms with van der Waals surface area (Å²) in [4.78, 5) is 29.1. The van der Waals surface area contributed by atoms with E-state index in [1.165, 1.54) is 32.4 Å². The first-order valence-electron chi connectivity index (χ1n) is 16.7. The van der Waals surface area contributed by atoms with Crippen LogP contribution in [0.4, 0.5) is 0 Å². The van der Waals surface area contributed by atoms with Crippen LogP contribution in [0.3, 0.4) is 0 Å². The lowest BCUT2D eigenvalue weighted by Crippen LogP contribution is -2.69. The van der Waals surface area contributed by atoms with Gasteiger partial charge in [0.2, 0.25) is 0 Å². The molecule has 1 aromatic rings. The molecule has 0 aromatic carbocycles. The average Bonchev–Trinajstić information content (AvgIpc) is 3.51. The molecule has 260 valence electrons. The van der Waals surface area contributed by atoms with Crippen molar-refractivity contribution in [2.24, 2.45) is 17.8 Å². The zero-order valence-electron chi connectivity index (χ0n) is 27.1. The molecule has 0 bridgehead atoms. The van der Waals surface area contributed by atoms with Gasteiger partial charge in [-0.2, -0.15) is 5.69 Å². The topological polar surface area (TPSA) is 186 Å². The normalized spacial score (nSPS) is 33.3. The minimum absolute atomic E-state index is 0.0904. The van der Waals surface area contributed by atoms with Crippen molar-refractivity contribution in [3.8, 4) is 0 Å². The number of carboxylic acids is 1. The van der Waals surface area contributed by atoms with Crippen LogP contribution in [0.2, 0.25) is 0 Å². The van der Waals surface area contributed by atoms with Gasteiger partial charge in [0.15, 0.2) is 11.9 Å². The van der Waals surface area contributed by atoms with E-state index in [-0.39, 0.29) is 30.9 Å². The van der Waals surface area contributed by atoms with Gasteiger partial charge < -0.3 is 49.5 Å². The van der Waals surface area contributed by atoms with Crippen molar-refractivity contribution < 1.29 is 54.1 Å². The molecule has 12 nitrogen and oxygen atoms in total. The quantitative estimate of drug-likeness (QED) is 0.159. The third-order valence-electron chi connectivity index (χ3n) is 10.4. The summed E-state index contributed by atoms with van der Waals surface area (Å²) in [7, 11) is 1.22.